The predicted octanol–water partition coefficient (Wildman–Crippen LogP) is 4.16. The van der Waals surface area contributed by atoms with Crippen LogP contribution in [0.15, 0.2) is 24.3 Å². The maximum Gasteiger partial charge on any atom is 0.414 e. The van der Waals surface area contributed by atoms with Crippen molar-refractivity contribution in [1.29, 1.82) is 0 Å². The fourth-order valence-electron chi connectivity index (χ4n) is 5.34. The highest BCUT2D eigenvalue weighted by atomic mass is 16.6. The van der Waals surface area contributed by atoms with Crippen molar-refractivity contribution < 1.29 is 14.6 Å². The summed E-state index contributed by atoms with van der Waals surface area (Å²) in [4.78, 5) is 17.1. The highest BCUT2D eigenvalue weighted by molar-refractivity contribution is 5.91. The second kappa shape index (κ2) is 10.5. The molecule has 1 spiro atoms. The molecule has 0 aromatic heterocycles. The van der Waals surface area contributed by atoms with Crippen LogP contribution in [0.5, 0.6) is 0 Å². The molecule has 6 heteroatoms. The first kappa shape index (κ1) is 25.0. The summed E-state index contributed by atoms with van der Waals surface area (Å²) in [5, 5.41) is 14.1. The number of benzene rings is 1. The van der Waals surface area contributed by atoms with Gasteiger partial charge in [-0.15, -0.1) is 0 Å². The monoisotopic (exact) mass is 445 g/mol. The topological polar surface area (TPSA) is 65.0 Å². The first-order valence-corrected chi connectivity index (χ1v) is 12.5. The zero-order valence-electron chi connectivity index (χ0n) is 20.7. The van der Waals surface area contributed by atoms with Crippen molar-refractivity contribution in [3.63, 3.8) is 0 Å². The van der Waals surface area contributed by atoms with E-state index in [0.29, 0.717) is 12.5 Å². The summed E-state index contributed by atoms with van der Waals surface area (Å²) < 4.78 is 5.69. The van der Waals surface area contributed by atoms with E-state index in [0.717, 1.165) is 64.1 Å². The molecule has 1 amide bonds. The fraction of sp³-hybridized carbons (Fsp3) is 0.731. The molecule has 1 aromatic carbocycles. The Balaban J connectivity index is 0.00000141. The van der Waals surface area contributed by atoms with Gasteiger partial charge in [-0.05, 0) is 90.2 Å². The minimum atomic E-state index is -0.504. The number of carbonyl (C=O) groups is 1. The van der Waals surface area contributed by atoms with Gasteiger partial charge in [-0.3, -0.25) is 4.90 Å². The van der Waals surface area contributed by atoms with Crippen LogP contribution in [0.2, 0.25) is 0 Å². The van der Waals surface area contributed by atoms with E-state index >= 15 is 0 Å². The number of carbonyl (C=O) groups excluding carboxylic acids is 1. The van der Waals surface area contributed by atoms with E-state index in [1.165, 1.54) is 5.56 Å². The van der Waals surface area contributed by atoms with Crippen molar-refractivity contribution in [2.75, 3.05) is 44.2 Å². The smallest absolute Gasteiger partial charge is 0.414 e. The summed E-state index contributed by atoms with van der Waals surface area (Å²) in [5.41, 5.74) is 1.75. The third-order valence-electron chi connectivity index (χ3n) is 7.03. The molecule has 1 unspecified atom stereocenters. The lowest BCUT2D eigenvalue weighted by atomic mass is 9.74. The average molecular weight is 446 g/mol. The number of nitrogens with zero attached hydrogens (tertiary/aromatic N) is 2. The van der Waals surface area contributed by atoms with Crippen LogP contribution in [0.25, 0.3) is 0 Å². The Bertz CT molecular complexity index is 747. The van der Waals surface area contributed by atoms with Crippen LogP contribution in [0.1, 0.15) is 65.9 Å². The van der Waals surface area contributed by atoms with Crippen LogP contribution in [0.4, 0.5) is 10.5 Å². The van der Waals surface area contributed by atoms with Gasteiger partial charge < -0.3 is 20.1 Å². The molecule has 3 aliphatic rings. The van der Waals surface area contributed by atoms with Gasteiger partial charge in [0.1, 0.15) is 5.60 Å². The van der Waals surface area contributed by atoms with E-state index in [2.05, 4.69) is 22.3 Å². The quantitative estimate of drug-likeness (QED) is 0.731. The molecule has 1 aromatic rings. The number of amides is 1. The summed E-state index contributed by atoms with van der Waals surface area (Å²) in [6, 6.07) is 8.30. The standard InChI is InChI=1S/C24H37N3O3.C2H6/c1-23(2,3)30-22(29)27-17-24(19-6-4-5-7-20(19)27)10-14-26(15-11-24)16-21(28)18-8-12-25-13-9-18;1-2/h4-7,18,21,25,28H,8-17H2,1-3H3;1-2H3. The van der Waals surface area contributed by atoms with Crippen LogP contribution >= 0.6 is 0 Å². The lowest BCUT2D eigenvalue weighted by Crippen LogP contribution is -2.49. The summed E-state index contributed by atoms with van der Waals surface area (Å²) in [5.74, 6) is 0.414. The number of hydrogen-bond acceptors (Lipinski definition) is 5. The van der Waals surface area contributed by atoms with E-state index in [9.17, 15) is 9.90 Å². The van der Waals surface area contributed by atoms with Crippen molar-refractivity contribution >= 4 is 11.8 Å². The Morgan fingerprint density at radius 1 is 1.19 bits per heavy atom. The van der Waals surface area contributed by atoms with Gasteiger partial charge in [0.15, 0.2) is 0 Å². The molecule has 2 fully saturated rings. The number of para-hydroxylation sites is 1. The lowest BCUT2D eigenvalue weighted by Gasteiger charge is -2.41. The number of likely N-dealkylation sites (tertiary alicyclic amines) is 1. The highest BCUT2D eigenvalue weighted by Crippen LogP contribution is 2.47. The number of aliphatic hydroxyl groups excluding tert-OH is 1. The molecule has 0 bridgehead atoms. The number of hydrogen-bond donors (Lipinski definition) is 2. The van der Waals surface area contributed by atoms with Crippen molar-refractivity contribution in [1.82, 2.24) is 10.2 Å². The van der Waals surface area contributed by atoms with Gasteiger partial charge in [0.05, 0.1) is 11.8 Å². The van der Waals surface area contributed by atoms with E-state index in [1.54, 1.807) is 0 Å². The minimum Gasteiger partial charge on any atom is -0.443 e. The molecular weight excluding hydrogens is 402 g/mol. The fourth-order valence-corrected chi connectivity index (χ4v) is 5.34. The molecule has 180 valence electrons. The maximum atomic E-state index is 12.9. The summed E-state index contributed by atoms with van der Waals surface area (Å²) in [6.07, 6.45) is 3.64. The zero-order chi connectivity index (χ0) is 23.4. The average Bonchev–Trinajstić information content (AvgIpc) is 3.11. The highest BCUT2D eigenvalue weighted by Gasteiger charge is 2.47. The second-order valence-corrected chi connectivity index (χ2v) is 10.3. The Kier molecular flexibility index (Phi) is 8.23. The third-order valence-corrected chi connectivity index (χ3v) is 7.03. The summed E-state index contributed by atoms with van der Waals surface area (Å²) >= 11 is 0. The Morgan fingerprint density at radius 2 is 1.81 bits per heavy atom. The maximum absolute atomic E-state index is 12.9. The molecule has 2 saturated heterocycles. The van der Waals surface area contributed by atoms with E-state index < -0.39 is 5.60 Å². The number of nitrogens with one attached hydrogen (secondary N) is 1. The molecule has 0 aliphatic carbocycles. The van der Waals surface area contributed by atoms with Crippen molar-refractivity contribution in [3.8, 4) is 0 Å². The number of β-amino-alcohol motifs (C(OH)–C–C–N with tert-alkyl or cyclic N) is 1. The molecule has 3 heterocycles. The number of anilines is 1. The molecule has 3 aliphatic heterocycles. The SMILES string of the molecule is CC.CC(C)(C)OC(=O)N1CC2(CCN(CC(O)C3CCNCC3)CC2)c2ccccc21. The van der Waals surface area contributed by atoms with Crippen molar-refractivity contribution in [2.24, 2.45) is 5.92 Å². The largest absolute Gasteiger partial charge is 0.443 e. The summed E-state index contributed by atoms with van der Waals surface area (Å²) in [7, 11) is 0. The van der Waals surface area contributed by atoms with Gasteiger partial charge in [0, 0.05) is 18.5 Å². The van der Waals surface area contributed by atoms with E-state index in [1.807, 2.05) is 51.7 Å². The zero-order valence-corrected chi connectivity index (χ0v) is 20.7. The number of fused-ring (bicyclic) bond motifs is 2. The third kappa shape index (κ3) is 5.64. The second-order valence-electron chi connectivity index (χ2n) is 10.3. The first-order chi connectivity index (χ1) is 15.3. The van der Waals surface area contributed by atoms with Crippen LogP contribution in [-0.2, 0) is 10.2 Å². The number of rotatable bonds is 3. The number of piperidine rings is 2. The molecule has 0 radical (unpaired) electrons. The van der Waals surface area contributed by atoms with Crippen molar-refractivity contribution in [2.45, 2.75) is 77.4 Å². The summed E-state index contributed by atoms with van der Waals surface area (Å²) in [6.45, 7) is 15.1. The van der Waals surface area contributed by atoms with Crippen molar-refractivity contribution in [3.05, 3.63) is 29.8 Å². The molecule has 1 atom stereocenters. The predicted molar refractivity (Wildman–Crippen MR) is 130 cm³/mol. The van der Waals surface area contributed by atoms with Gasteiger partial charge in [-0.25, -0.2) is 4.79 Å². The Labute approximate surface area is 194 Å². The van der Waals surface area contributed by atoms with E-state index in [4.69, 9.17) is 4.74 Å². The van der Waals surface area contributed by atoms with Crippen LogP contribution < -0.4 is 10.2 Å². The first-order valence-electron chi connectivity index (χ1n) is 12.5. The molecule has 2 N–H and O–H groups in total. The van der Waals surface area contributed by atoms with Gasteiger partial charge in [0.25, 0.3) is 0 Å². The van der Waals surface area contributed by atoms with Gasteiger partial charge in [0.2, 0.25) is 0 Å². The van der Waals surface area contributed by atoms with Crippen LogP contribution in [0, 0.1) is 5.92 Å². The van der Waals surface area contributed by atoms with Gasteiger partial charge in [-0.2, -0.15) is 0 Å². The van der Waals surface area contributed by atoms with Gasteiger partial charge in [-0.1, -0.05) is 32.0 Å². The Morgan fingerprint density at radius 3 is 2.44 bits per heavy atom. The molecule has 32 heavy (non-hydrogen) atoms. The number of ether oxygens (including phenoxy) is 1. The molecule has 4 rings (SSSR count). The van der Waals surface area contributed by atoms with Crippen LogP contribution in [-0.4, -0.2) is 67.1 Å². The normalized spacial score (nSPS) is 22.1. The van der Waals surface area contributed by atoms with Crippen LogP contribution in [0.3, 0.4) is 0 Å². The Hall–Kier alpha value is -1.63. The minimum absolute atomic E-state index is 0.0102. The molecule has 0 saturated carbocycles. The molecular formula is C26H43N3O3. The van der Waals surface area contributed by atoms with Gasteiger partial charge >= 0.3 is 6.09 Å². The molecule has 6 nitrogen and oxygen atoms in total. The lowest BCUT2D eigenvalue weighted by molar-refractivity contribution is 0.0356. The van der Waals surface area contributed by atoms with E-state index in [-0.39, 0.29) is 17.6 Å². The number of aliphatic hydroxyl groups is 1.